The molecule has 0 saturated carbocycles. The normalized spacial score (nSPS) is 11.4. The monoisotopic (exact) mass is 298 g/mol. The zero-order valence-corrected chi connectivity index (χ0v) is 12.0. The van der Waals surface area contributed by atoms with E-state index in [1.807, 2.05) is 17.5 Å². The highest BCUT2D eigenvalue weighted by molar-refractivity contribution is 7.22. The van der Waals surface area contributed by atoms with Crippen molar-refractivity contribution in [1.82, 2.24) is 0 Å². The highest BCUT2D eigenvalue weighted by atomic mass is 32.1. The van der Waals surface area contributed by atoms with Gasteiger partial charge < -0.3 is 10.2 Å². The van der Waals surface area contributed by atoms with Crippen molar-refractivity contribution in [1.29, 1.82) is 0 Å². The molecule has 0 unspecified atom stereocenters. The molecule has 20 heavy (non-hydrogen) atoms. The van der Waals surface area contributed by atoms with Crippen LogP contribution < -0.4 is 0 Å². The highest BCUT2D eigenvalue weighted by Crippen LogP contribution is 2.39. The zero-order chi connectivity index (χ0) is 13.7. The molecule has 2 N–H and O–H groups in total. The molecular formula is C16H10O2S2. The van der Waals surface area contributed by atoms with Crippen LogP contribution in [0.15, 0.2) is 47.8 Å². The lowest BCUT2D eigenvalue weighted by atomic mass is 10.1. The Kier molecular flexibility index (Phi) is 2.49. The smallest absolute Gasteiger partial charge is 0.124 e. The molecule has 4 rings (SSSR count). The fraction of sp³-hybridized carbons (Fsp3) is 0. The van der Waals surface area contributed by atoms with E-state index in [1.54, 1.807) is 40.9 Å². The number of hydrogen-bond acceptors (Lipinski definition) is 4. The van der Waals surface area contributed by atoms with E-state index in [-0.39, 0.29) is 5.75 Å². The topological polar surface area (TPSA) is 40.5 Å². The molecular weight excluding hydrogens is 288 g/mol. The Bertz CT molecular complexity index is 934. The van der Waals surface area contributed by atoms with Crippen LogP contribution in [0.5, 0.6) is 11.5 Å². The lowest BCUT2D eigenvalue weighted by molar-refractivity contribution is 0.476. The average Bonchev–Trinajstić information content (AvgIpc) is 3.03. The van der Waals surface area contributed by atoms with Gasteiger partial charge in [0.1, 0.15) is 11.5 Å². The summed E-state index contributed by atoms with van der Waals surface area (Å²) in [5, 5.41) is 23.6. The molecule has 0 fully saturated rings. The number of aromatic hydroxyl groups is 2. The minimum Gasteiger partial charge on any atom is -0.508 e. The van der Waals surface area contributed by atoms with Crippen LogP contribution in [0.3, 0.4) is 0 Å². The van der Waals surface area contributed by atoms with Crippen molar-refractivity contribution in [2.24, 2.45) is 0 Å². The van der Waals surface area contributed by atoms with Crippen LogP contribution in [0.2, 0.25) is 0 Å². The maximum Gasteiger partial charge on any atom is 0.124 e. The molecule has 4 aromatic rings. The summed E-state index contributed by atoms with van der Waals surface area (Å²) in [5.41, 5.74) is 1.01. The summed E-state index contributed by atoms with van der Waals surface area (Å²) in [6, 6.07) is 13.3. The van der Waals surface area contributed by atoms with E-state index in [4.69, 9.17) is 0 Å². The van der Waals surface area contributed by atoms with Gasteiger partial charge in [-0.15, -0.1) is 22.7 Å². The highest BCUT2D eigenvalue weighted by Gasteiger charge is 2.09. The van der Waals surface area contributed by atoms with Gasteiger partial charge in [-0.25, -0.2) is 0 Å². The lowest BCUT2D eigenvalue weighted by Gasteiger charge is -2.00. The van der Waals surface area contributed by atoms with Gasteiger partial charge in [-0.1, -0.05) is 0 Å². The number of thiophene rings is 2. The SMILES string of the molecule is Oc1ccc2cc(-c3cc(O)c4ccsc4c3)sc2c1. The number of rotatable bonds is 1. The number of fused-ring (bicyclic) bond motifs is 2. The second-order valence-corrected chi connectivity index (χ2v) is 6.69. The summed E-state index contributed by atoms with van der Waals surface area (Å²) < 4.78 is 2.13. The van der Waals surface area contributed by atoms with E-state index in [1.165, 1.54) is 0 Å². The quantitative estimate of drug-likeness (QED) is 0.507. The van der Waals surface area contributed by atoms with Gasteiger partial charge >= 0.3 is 0 Å². The van der Waals surface area contributed by atoms with Gasteiger partial charge in [0.2, 0.25) is 0 Å². The van der Waals surface area contributed by atoms with Gasteiger partial charge in [-0.2, -0.15) is 0 Å². The third-order valence-corrected chi connectivity index (χ3v) is 5.35. The Morgan fingerprint density at radius 2 is 1.75 bits per heavy atom. The summed E-state index contributed by atoms with van der Waals surface area (Å²) in [7, 11) is 0. The van der Waals surface area contributed by atoms with E-state index in [9.17, 15) is 10.2 Å². The first-order valence-electron chi connectivity index (χ1n) is 6.14. The number of benzene rings is 2. The van der Waals surface area contributed by atoms with Crippen molar-refractivity contribution in [2.75, 3.05) is 0 Å². The Morgan fingerprint density at radius 1 is 0.850 bits per heavy atom. The first-order valence-corrected chi connectivity index (χ1v) is 7.83. The van der Waals surface area contributed by atoms with E-state index in [0.717, 1.165) is 30.6 Å². The minimum absolute atomic E-state index is 0.280. The fourth-order valence-electron chi connectivity index (χ4n) is 2.36. The molecule has 98 valence electrons. The van der Waals surface area contributed by atoms with Crippen LogP contribution >= 0.6 is 22.7 Å². The van der Waals surface area contributed by atoms with E-state index in [0.29, 0.717) is 5.75 Å². The van der Waals surface area contributed by atoms with Crippen LogP contribution in [-0.4, -0.2) is 10.2 Å². The molecule has 0 aliphatic carbocycles. The molecule has 4 heteroatoms. The van der Waals surface area contributed by atoms with Crippen molar-refractivity contribution in [3.63, 3.8) is 0 Å². The van der Waals surface area contributed by atoms with Gasteiger partial charge in [-0.05, 0) is 58.8 Å². The maximum absolute atomic E-state index is 10.1. The molecule has 2 nitrogen and oxygen atoms in total. The third kappa shape index (κ3) is 1.77. The minimum atomic E-state index is 0.280. The lowest BCUT2D eigenvalue weighted by Crippen LogP contribution is -1.73. The Morgan fingerprint density at radius 3 is 2.65 bits per heavy atom. The average molecular weight is 298 g/mol. The largest absolute Gasteiger partial charge is 0.508 e. The van der Waals surface area contributed by atoms with Gasteiger partial charge in [0, 0.05) is 19.7 Å². The molecule has 0 atom stereocenters. The fourth-order valence-corrected chi connectivity index (χ4v) is 4.28. The van der Waals surface area contributed by atoms with Crippen LogP contribution in [0, 0.1) is 0 Å². The second kappa shape index (κ2) is 4.23. The van der Waals surface area contributed by atoms with Gasteiger partial charge in [-0.3, -0.25) is 0 Å². The van der Waals surface area contributed by atoms with Crippen LogP contribution in [0.1, 0.15) is 0 Å². The molecule has 0 amide bonds. The Balaban J connectivity index is 1.95. The second-order valence-electron chi connectivity index (χ2n) is 4.66. The molecule has 2 aromatic carbocycles. The van der Waals surface area contributed by atoms with Crippen molar-refractivity contribution in [2.45, 2.75) is 0 Å². The van der Waals surface area contributed by atoms with E-state index < -0.39 is 0 Å². The van der Waals surface area contributed by atoms with Crippen LogP contribution in [0.4, 0.5) is 0 Å². The van der Waals surface area contributed by atoms with E-state index in [2.05, 4.69) is 12.1 Å². The predicted molar refractivity (Wildman–Crippen MR) is 86.0 cm³/mol. The van der Waals surface area contributed by atoms with Gasteiger partial charge in [0.15, 0.2) is 0 Å². The van der Waals surface area contributed by atoms with Crippen molar-refractivity contribution in [3.05, 3.63) is 47.8 Å². The first-order chi connectivity index (χ1) is 9.70. The standard InChI is InChI=1S/C16H10O2S2/c17-11-2-1-9-6-14(20-15(9)8-11)10-5-13(18)12-3-4-19-16(12)7-10/h1-8,17-18H. The molecule has 0 spiro atoms. The summed E-state index contributed by atoms with van der Waals surface area (Å²) >= 11 is 3.24. The van der Waals surface area contributed by atoms with Gasteiger partial charge in [0.25, 0.3) is 0 Å². The molecule has 2 aromatic heterocycles. The molecule has 0 saturated heterocycles. The number of phenols is 2. The summed E-state index contributed by atoms with van der Waals surface area (Å²) in [5.74, 6) is 0.599. The van der Waals surface area contributed by atoms with Crippen LogP contribution in [0.25, 0.3) is 30.6 Å². The number of phenolic OH excluding ortho intramolecular Hbond substituents is 2. The predicted octanol–water partition coefficient (Wildman–Crippen LogP) is 5.19. The zero-order valence-electron chi connectivity index (χ0n) is 10.3. The molecule has 0 aliphatic rings. The van der Waals surface area contributed by atoms with E-state index >= 15 is 0 Å². The molecule has 0 aliphatic heterocycles. The Labute approximate surface area is 123 Å². The number of hydrogen-bond donors (Lipinski definition) is 2. The van der Waals surface area contributed by atoms with Crippen molar-refractivity contribution in [3.8, 4) is 21.9 Å². The third-order valence-electron chi connectivity index (χ3n) is 3.34. The Hall–Kier alpha value is -2.04. The van der Waals surface area contributed by atoms with Crippen molar-refractivity contribution < 1.29 is 10.2 Å². The summed E-state index contributed by atoms with van der Waals surface area (Å²) in [6.07, 6.45) is 0. The van der Waals surface area contributed by atoms with Crippen LogP contribution in [-0.2, 0) is 0 Å². The molecule has 2 heterocycles. The summed E-state index contributed by atoms with van der Waals surface area (Å²) in [6.45, 7) is 0. The van der Waals surface area contributed by atoms with Crippen molar-refractivity contribution >= 4 is 42.8 Å². The maximum atomic E-state index is 10.1. The first kappa shape index (κ1) is 11.8. The summed E-state index contributed by atoms with van der Waals surface area (Å²) in [4.78, 5) is 1.09. The molecule has 0 bridgehead atoms. The van der Waals surface area contributed by atoms with Gasteiger partial charge in [0.05, 0.1) is 0 Å². The molecule has 0 radical (unpaired) electrons.